The largest absolute Gasteiger partial charge is 0.425 e. The van der Waals surface area contributed by atoms with Crippen molar-refractivity contribution >= 4 is 5.91 Å². The van der Waals surface area contributed by atoms with E-state index in [0.717, 1.165) is 25.8 Å². The van der Waals surface area contributed by atoms with Gasteiger partial charge in [0.05, 0.1) is 5.92 Å². The van der Waals surface area contributed by atoms with Crippen LogP contribution in [0.1, 0.15) is 37.5 Å². The van der Waals surface area contributed by atoms with Crippen molar-refractivity contribution in [3.63, 3.8) is 0 Å². The summed E-state index contributed by atoms with van der Waals surface area (Å²) in [6.45, 7) is 6.92. The molecule has 0 spiro atoms. The maximum atomic E-state index is 11.5. The molecule has 0 aromatic carbocycles. The van der Waals surface area contributed by atoms with Gasteiger partial charge in [-0.2, -0.15) is 0 Å². The average molecular weight is 235 g/mol. The third-order valence-corrected chi connectivity index (χ3v) is 3.04. The van der Waals surface area contributed by atoms with Crippen molar-refractivity contribution in [3.05, 3.63) is 24.4 Å². The Labute approximate surface area is 101 Å². The monoisotopic (exact) mass is 235 g/mol. The van der Waals surface area contributed by atoms with Crippen LogP contribution in [0.5, 0.6) is 0 Å². The van der Waals surface area contributed by atoms with E-state index in [0.29, 0.717) is 18.3 Å². The number of carbonyl (C=O) groups excluding carboxylic acids is 1. The van der Waals surface area contributed by atoms with Crippen molar-refractivity contribution in [2.45, 2.75) is 32.1 Å². The summed E-state index contributed by atoms with van der Waals surface area (Å²) in [5.74, 6) is 1.46. The number of rotatable bonds is 3. The molecule has 2 heterocycles. The van der Waals surface area contributed by atoms with Gasteiger partial charge < -0.3 is 9.32 Å². The van der Waals surface area contributed by atoms with Gasteiger partial charge in [0.15, 0.2) is 0 Å². The van der Waals surface area contributed by atoms with Gasteiger partial charge in [0.2, 0.25) is 17.7 Å². The lowest BCUT2D eigenvalue weighted by Crippen LogP contribution is -2.38. The average Bonchev–Trinajstić information content (AvgIpc) is 2.86. The first-order chi connectivity index (χ1) is 8.24. The van der Waals surface area contributed by atoms with Gasteiger partial charge in [-0.3, -0.25) is 4.79 Å². The maximum absolute atomic E-state index is 11.5. The second-order valence-electron chi connectivity index (χ2n) is 4.22. The summed E-state index contributed by atoms with van der Waals surface area (Å²) in [7, 11) is 0. The molecule has 0 radical (unpaired) electrons. The number of carbonyl (C=O) groups is 1. The Hall–Kier alpha value is -1.65. The molecule has 1 amide bonds. The number of aromatic nitrogens is 2. The highest BCUT2D eigenvalue weighted by atomic mass is 16.4. The highest BCUT2D eigenvalue weighted by Crippen LogP contribution is 2.26. The van der Waals surface area contributed by atoms with Gasteiger partial charge in [-0.25, -0.2) is 0 Å². The molecule has 1 saturated heterocycles. The molecule has 1 aliphatic heterocycles. The predicted molar refractivity (Wildman–Crippen MR) is 62.4 cm³/mol. The fraction of sp³-hybridized carbons (Fsp3) is 0.583. The summed E-state index contributed by atoms with van der Waals surface area (Å²) in [6, 6.07) is 0. The Balaban J connectivity index is 2.06. The molecular weight excluding hydrogens is 218 g/mol. The molecule has 1 fully saturated rings. The van der Waals surface area contributed by atoms with E-state index in [2.05, 4.69) is 16.8 Å². The number of hydrogen-bond acceptors (Lipinski definition) is 4. The summed E-state index contributed by atoms with van der Waals surface area (Å²) in [4.78, 5) is 13.3. The van der Waals surface area contributed by atoms with Crippen molar-refractivity contribution in [2.24, 2.45) is 0 Å². The SMILES string of the molecule is C=CC(=O)N1CCCC(c2nnc(CC)o2)C1. The van der Waals surface area contributed by atoms with Gasteiger partial charge in [-0.1, -0.05) is 13.5 Å². The molecule has 0 aliphatic carbocycles. The molecule has 1 unspecified atom stereocenters. The van der Waals surface area contributed by atoms with Crippen molar-refractivity contribution in [1.29, 1.82) is 0 Å². The van der Waals surface area contributed by atoms with Gasteiger partial charge >= 0.3 is 0 Å². The summed E-state index contributed by atoms with van der Waals surface area (Å²) in [5.41, 5.74) is 0. The molecule has 1 aliphatic rings. The Morgan fingerprint density at radius 1 is 1.65 bits per heavy atom. The molecule has 17 heavy (non-hydrogen) atoms. The Kier molecular flexibility index (Phi) is 3.56. The lowest BCUT2D eigenvalue weighted by atomic mass is 9.98. The lowest BCUT2D eigenvalue weighted by Gasteiger charge is -2.30. The van der Waals surface area contributed by atoms with Crippen LogP contribution in [0.2, 0.25) is 0 Å². The maximum Gasteiger partial charge on any atom is 0.245 e. The topological polar surface area (TPSA) is 59.2 Å². The first kappa shape index (κ1) is 11.8. The lowest BCUT2D eigenvalue weighted by molar-refractivity contribution is -0.127. The predicted octanol–water partition coefficient (Wildman–Crippen LogP) is 1.52. The van der Waals surface area contributed by atoms with E-state index in [4.69, 9.17) is 4.42 Å². The number of likely N-dealkylation sites (tertiary alicyclic amines) is 1. The fourth-order valence-electron chi connectivity index (χ4n) is 2.08. The minimum Gasteiger partial charge on any atom is -0.425 e. The van der Waals surface area contributed by atoms with Gasteiger partial charge in [0.1, 0.15) is 0 Å². The molecular formula is C12H17N3O2. The molecule has 1 atom stereocenters. The summed E-state index contributed by atoms with van der Waals surface area (Å²) in [6.07, 6.45) is 4.06. The smallest absolute Gasteiger partial charge is 0.245 e. The molecule has 1 aromatic heterocycles. The van der Waals surface area contributed by atoms with Crippen LogP contribution in [0.25, 0.3) is 0 Å². The van der Waals surface area contributed by atoms with E-state index >= 15 is 0 Å². The van der Waals surface area contributed by atoms with E-state index in [1.165, 1.54) is 6.08 Å². The Morgan fingerprint density at radius 2 is 2.47 bits per heavy atom. The number of nitrogens with zero attached hydrogens (tertiary/aromatic N) is 3. The van der Waals surface area contributed by atoms with Crippen molar-refractivity contribution < 1.29 is 9.21 Å². The molecule has 92 valence electrons. The van der Waals surface area contributed by atoms with E-state index in [-0.39, 0.29) is 11.8 Å². The molecule has 2 rings (SSSR count). The van der Waals surface area contributed by atoms with Gasteiger partial charge in [-0.15, -0.1) is 10.2 Å². The summed E-state index contributed by atoms with van der Waals surface area (Å²) in [5, 5.41) is 8.01. The third kappa shape index (κ3) is 2.54. The van der Waals surface area contributed by atoms with Crippen LogP contribution in [-0.2, 0) is 11.2 Å². The third-order valence-electron chi connectivity index (χ3n) is 3.04. The van der Waals surface area contributed by atoms with Gasteiger partial charge in [0, 0.05) is 19.5 Å². The van der Waals surface area contributed by atoms with Crippen LogP contribution < -0.4 is 0 Å². The first-order valence-electron chi connectivity index (χ1n) is 5.98. The van der Waals surface area contributed by atoms with Crippen molar-refractivity contribution in [3.8, 4) is 0 Å². The second-order valence-corrected chi connectivity index (χ2v) is 4.22. The summed E-state index contributed by atoms with van der Waals surface area (Å²) >= 11 is 0. The Morgan fingerprint density at radius 3 is 3.12 bits per heavy atom. The minimum absolute atomic E-state index is 0.0232. The second kappa shape index (κ2) is 5.12. The van der Waals surface area contributed by atoms with Crippen LogP contribution in [0.3, 0.4) is 0 Å². The quantitative estimate of drug-likeness (QED) is 0.745. The van der Waals surface area contributed by atoms with Crippen molar-refractivity contribution in [2.75, 3.05) is 13.1 Å². The van der Waals surface area contributed by atoms with Gasteiger partial charge in [0.25, 0.3) is 0 Å². The van der Waals surface area contributed by atoms with Gasteiger partial charge in [-0.05, 0) is 18.9 Å². The number of aryl methyl sites for hydroxylation is 1. The zero-order chi connectivity index (χ0) is 12.3. The van der Waals surface area contributed by atoms with E-state index < -0.39 is 0 Å². The molecule has 5 nitrogen and oxygen atoms in total. The molecule has 0 bridgehead atoms. The first-order valence-corrected chi connectivity index (χ1v) is 5.98. The zero-order valence-electron chi connectivity index (χ0n) is 10.1. The minimum atomic E-state index is -0.0232. The van der Waals surface area contributed by atoms with Crippen LogP contribution in [0.4, 0.5) is 0 Å². The number of amides is 1. The highest BCUT2D eigenvalue weighted by Gasteiger charge is 2.27. The standard InChI is InChI=1S/C12H17N3O2/c1-3-10-13-14-12(17-10)9-6-5-7-15(8-9)11(16)4-2/h4,9H,2-3,5-8H2,1H3. The van der Waals surface area contributed by atoms with Crippen LogP contribution in [-0.4, -0.2) is 34.1 Å². The molecule has 0 N–H and O–H groups in total. The van der Waals surface area contributed by atoms with E-state index in [1.54, 1.807) is 4.90 Å². The summed E-state index contributed by atoms with van der Waals surface area (Å²) < 4.78 is 5.55. The molecule has 0 saturated carbocycles. The van der Waals surface area contributed by atoms with Crippen LogP contribution in [0, 0.1) is 0 Å². The van der Waals surface area contributed by atoms with E-state index in [1.807, 2.05) is 6.92 Å². The Bertz CT molecular complexity index is 414. The number of hydrogen-bond donors (Lipinski definition) is 0. The van der Waals surface area contributed by atoms with Crippen LogP contribution >= 0.6 is 0 Å². The van der Waals surface area contributed by atoms with Crippen LogP contribution in [0.15, 0.2) is 17.1 Å². The normalized spacial score (nSPS) is 20.3. The highest BCUT2D eigenvalue weighted by molar-refractivity contribution is 5.87. The van der Waals surface area contributed by atoms with Crippen molar-refractivity contribution in [1.82, 2.24) is 15.1 Å². The zero-order valence-corrected chi connectivity index (χ0v) is 10.1. The molecule has 1 aromatic rings. The number of piperidine rings is 1. The molecule has 5 heteroatoms. The fourth-order valence-corrected chi connectivity index (χ4v) is 2.08. The van der Waals surface area contributed by atoms with E-state index in [9.17, 15) is 4.79 Å².